The minimum absolute atomic E-state index is 0.307. The highest BCUT2D eigenvalue weighted by atomic mass is 35.5. The molecule has 0 aliphatic heterocycles. The van der Waals surface area contributed by atoms with Crippen LogP contribution in [0.1, 0.15) is 40.3 Å². The summed E-state index contributed by atoms with van der Waals surface area (Å²) in [5, 5.41) is 4.25. The molecule has 0 aromatic heterocycles. The van der Waals surface area contributed by atoms with Crippen LogP contribution in [0.15, 0.2) is 36.4 Å². The monoisotopic (exact) mass is 299 g/mol. The molecule has 0 spiro atoms. The Morgan fingerprint density at radius 2 is 1.90 bits per heavy atom. The van der Waals surface area contributed by atoms with Gasteiger partial charge in [-0.3, -0.25) is 0 Å². The van der Waals surface area contributed by atoms with Crippen molar-refractivity contribution in [2.45, 2.75) is 38.6 Å². The summed E-state index contributed by atoms with van der Waals surface area (Å²) in [6, 6.07) is 13.6. The average molecular weight is 300 g/mol. The van der Waals surface area contributed by atoms with Crippen LogP contribution in [0.25, 0.3) is 0 Å². The molecule has 0 saturated heterocycles. The Kier molecular flexibility index (Phi) is 4.32. The zero-order valence-corrected chi connectivity index (χ0v) is 13.5. The molecule has 0 heterocycles. The summed E-state index contributed by atoms with van der Waals surface area (Å²) in [5.41, 5.74) is 6.98. The fourth-order valence-corrected chi connectivity index (χ4v) is 3.64. The summed E-state index contributed by atoms with van der Waals surface area (Å²) >= 11 is 6.20. The molecule has 21 heavy (non-hydrogen) atoms. The lowest BCUT2D eigenvalue weighted by molar-refractivity contribution is 0.591. The van der Waals surface area contributed by atoms with Crippen LogP contribution in [-0.4, -0.2) is 7.05 Å². The van der Waals surface area contributed by atoms with E-state index in [-0.39, 0.29) is 0 Å². The largest absolute Gasteiger partial charge is 0.313 e. The lowest BCUT2D eigenvalue weighted by Crippen LogP contribution is -2.19. The fraction of sp³-hybridized carbons (Fsp3) is 0.368. The summed E-state index contributed by atoms with van der Waals surface area (Å²) in [4.78, 5) is 0. The highest BCUT2D eigenvalue weighted by molar-refractivity contribution is 6.30. The molecule has 0 bridgehead atoms. The molecule has 0 fully saturated rings. The van der Waals surface area contributed by atoms with Gasteiger partial charge in [-0.1, -0.05) is 35.9 Å². The second-order valence-electron chi connectivity index (χ2n) is 6.06. The van der Waals surface area contributed by atoms with E-state index in [2.05, 4.69) is 42.6 Å². The van der Waals surface area contributed by atoms with E-state index < -0.39 is 0 Å². The van der Waals surface area contributed by atoms with Gasteiger partial charge in [-0.05, 0) is 79.6 Å². The predicted molar refractivity (Wildman–Crippen MR) is 90.2 cm³/mol. The van der Waals surface area contributed by atoms with E-state index in [1.54, 1.807) is 11.1 Å². The molecule has 0 saturated carbocycles. The van der Waals surface area contributed by atoms with Crippen molar-refractivity contribution in [3.63, 3.8) is 0 Å². The van der Waals surface area contributed by atoms with Crippen LogP contribution in [0.5, 0.6) is 0 Å². The van der Waals surface area contributed by atoms with Crippen molar-refractivity contribution >= 4 is 11.6 Å². The fourth-order valence-electron chi connectivity index (χ4n) is 3.34. The Morgan fingerprint density at radius 1 is 1.10 bits per heavy atom. The van der Waals surface area contributed by atoms with Crippen LogP contribution < -0.4 is 5.32 Å². The molecule has 0 amide bonds. The maximum Gasteiger partial charge on any atom is 0.0411 e. The molecular formula is C19H22ClN. The van der Waals surface area contributed by atoms with E-state index in [4.69, 9.17) is 11.6 Å². The molecular weight excluding hydrogens is 278 g/mol. The summed E-state index contributed by atoms with van der Waals surface area (Å²) in [5.74, 6) is 0. The topological polar surface area (TPSA) is 12.0 Å². The maximum atomic E-state index is 6.20. The number of rotatable bonds is 4. The van der Waals surface area contributed by atoms with Gasteiger partial charge in [0.2, 0.25) is 0 Å². The summed E-state index contributed by atoms with van der Waals surface area (Å²) in [6.07, 6.45) is 4.80. The molecule has 1 aliphatic carbocycles. The molecule has 110 valence electrons. The number of hydrogen-bond donors (Lipinski definition) is 1. The van der Waals surface area contributed by atoms with Crippen molar-refractivity contribution in [2.24, 2.45) is 0 Å². The van der Waals surface area contributed by atoms with E-state index >= 15 is 0 Å². The molecule has 3 rings (SSSR count). The van der Waals surface area contributed by atoms with Crippen molar-refractivity contribution in [3.05, 3.63) is 69.2 Å². The van der Waals surface area contributed by atoms with Gasteiger partial charge in [-0.15, -0.1) is 0 Å². The van der Waals surface area contributed by atoms with Gasteiger partial charge in [0.25, 0.3) is 0 Å². The summed E-state index contributed by atoms with van der Waals surface area (Å²) in [7, 11) is 2.02. The number of hydrogen-bond acceptors (Lipinski definition) is 1. The van der Waals surface area contributed by atoms with E-state index in [9.17, 15) is 0 Å². The molecule has 1 atom stereocenters. The Labute approximate surface area is 132 Å². The first-order chi connectivity index (χ1) is 10.2. The Hall–Kier alpha value is -1.31. The Morgan fingerprint density at radius 3 is 2.67 bits per heavy atom. The number of likely N-dealkylation sites (N-methyl/N-ethyl adjacent to an activating group) is 1. The van der Waals surface area contributed by atoms with E-state index in [0.717, 1.165) is 11.4 Å². The van der Waals surface area contributed by atoms with E-state index in [1.165, 1.54) is 36.0 Å². The second kappa shape index (κ2) is 6.21. The SMILES string of the molecule is CNC(Cc1ccc2c(c1)CCC2)c1cc(C)cc(Cl)c1. The first-order valence-corrected chi connectivity index (χ1v) is 8.08. The molecule has 1 nitrogen and oxygen atoms in total. The lowest BCUT2D eigenvalue weighted by Gasteiger charge is -2.18. The average Bonchev–Trinajstić information content (AvgIpc) is 2.91. The van der Waals surface area contributed by atoms with Crippen LogP contribution in [0.4, 0.5) is 0 Å². The maximum absolute atomic E-state index is 6.20. The van der Waals surface area contributed by atoms with Gasteiger partial charge in [-0.25, -0.2) is 0 Å². The third-order valence-corrected chi connectivity index (χ3v) is 4.64. The Balaban J connectivity index is 1.84. The van der Waals surface area contributed by atoms with Crippen LogP contribution >= 0.6 is 11.6 Å². The van der Waals surface area contributed by atoms with Crippen molar-refractivity contribution in [1.29, 1.82) is 0 Å². The predicted octanol–water partition coefficient (Wildman–Crippen LogP) is 4.64. The molecule has 0 radical (unpaired) electrons. The summed E-state index contributed by atoms with van der Waals surface area (Å²) < 4.78 is 0. The zero-order valence-electron chi connectivity index (χ0n) is 12.7. The molecule has 2 aromatic rings. The minimum atomic E-state index is 0.307. The standard InChI is InChI=1S/C19H22ClN/c1-13-8-17(12-18(20)9-13)19(21-2)11-14-6-7-15-4-3-5-16(15)10-14/h6-10,12,19,21H,3-5,11H2,1-2H3. The van der Waals surface area contributed by atoms with Gasteiger partial charge in [0.1, 0.15) is 0 Å². The molecule has 1 N–H and O–H groups in total. The number of benzene rings is 2. The van der Waals surface area contributed by atoms with Crippen molar-refractivity contribution in [1.82, 2.24) is 5.32 Å². The normalized spacial score (nSPS) is 15.0. The number of halogens is 1. The van der Waals surface area contributed by atoms with E-state index in [1.807, 2.05) is 13.1 Å². The second-order valence-corrected chi connectivity index (χ2v) is 6.50. The van der Waals surface area contributed by atoms with Gasteiger partial charge in [0.05, 0.1) is 0 Å². The minimum Gasteiger partial charge on any atom is -0.313 e. The highest BCUT2D eigenvalue weighted by Gasteiger charge is 2.15. The molecule has 1 aliphatic rings. The molecule has 2 heteroatoms. The van der Waals surface area contributed by atoms with Crippen LogP contribution in [-0.2, 0) is 19.3 Å². The van der Waals surface area contributed by atoms with Gasteiger partial charge < -0.3 is 5.32 Å². The van der Waals surface area contributed by atoms with E-state index in [0.29, 0.717) is 6.04 Å². The lowest BCUT2D eigenvalue weighted by atomic mass is 9.96. The van der Waals surface area contributed by atoms with Crippen molar-refractivity contribution in [2.75, 3.05) is 7.05 Å². The Bertz CT molecular complexity index is 628. The molecule has 2 aromatic carbocycles. The van der Waals surface area contributed by atoms with Gasteiger partial charge >= 0.3 is 0 Å². The number of aryl methyl sites for hydroxylation is 3. The highest BCUT2D eigenvalue weighted by Crippen LogP contribution is 2.27. The third-order valence-electron chi connectivity index (χ3n) is 4.42. The van der Waals surface area contributed by atoms with Crippen molar-refractivity contribution < 1.29 is 0 Å². The van der Waals surface area contributed by atoms with Crippen LogP contribution in [0, 0.1) is 6.92 Å². The zero-order chi connectivity index (χ0) is 14.8. The van der Waals surface area contributed by atoms with Gasteiger partial charge in [0, 0.05) is 11.1 Å². The van der Waals surface area contributed by atoms with Gasteiger partial charge in [-0.2, -0.15) is 0 Å². The first kappa shape index (κ1) is 14.6. The number of fused-ring (bicyclic) bond motifs is 1. The number of nitrogens with one attached hydrogen (secondary N) is 1. The van der Waals surface area contributed by atoms with Crippen molar-refractivity contribution in [3.8, 4) is 0 Å². The third kappa shape index (κ3) is 3.30. The summed E-state index contributed by atoms with van der Waals surface area (Å²) in [6.45, 7) is 2.09. The van der Waals surface area contributed by atoms with Crippen LogP contribution in [0.3, 0.4) is 0 Å². The first-order valence-electron chi connectivity index (χ1n) is 7.71. The smallest absolute Gasteiger partial charge is 0.0411 e. The molecule has 1 unspecified atom stereocenters. The van der Waals surface area contributed by atoms with Crippen LogP contribution in [0.2, 0.25) is 5.02 Å². The quantitative estimate of drug-likeness (QED) is 0.867. The van der Waals surface area contributed by atoms with Gasteiger partial charge in [0.15, 0.2) is 0 Å².